The Bertz CT molecular complexity index is 1270. The number of non-ortho nitro benzene ring substituents is 1. The van der Waals surface area contributed by atoms with Crippen LogP contribution in [0.25, 0.3) is 0 Å². The number of benzene rings is 2. The maximum absolute atomic E-state index is 13.6. The number of alkyl halides is 2. The summed E-state index contributed by atoms with van der Waals surface area (Å²) in [7, 11) is 0. The third-order valence-electron chi connectivity index (χ3n) is 7.20. The summed E-state index contributed by atoms with van der Waals surface area (Å²) < 4.78 is 0.755. The van der Waals surface area contributed by atoms with Crippen LogP contribution in [0.5, 0.6) is 0 Å². The number of hydrazine groups is 1. The molecule has 12 heteroatoms. The quantitative estimate of drug-likeness (QED) is 0.147. The van der Waals surface area contributed by atoms with Crippen LogP contribution in [-0.4, -0.2) is 54.6 Å². The Morgan fingerprint density at radius 3 is 2.11 bits per heavy atom. The number of carbonyl (C=O) groups excluding carboxylic acids is 4. The zero-order valence-electron chi connectivity index (χ0n) is 18.4. The summed E-state index contributed by atoms with van der Waals surface area (Å²) >= 11 is 10.6. The molecule has 2 aliphatic carbocycles. The van der Waals surface area contributed by atoms with Gasteiger partial charge in [0.05, 0.1) is 16.8 Å². The fourth-order valence-electron chi connectivity index (χ4n) is 5.57. The molecule has 6 atom stereocenters. The number of ketones is 1. The molecule has 5 rings (SSSR count). The van der Waals surface area contributed by atoms with E-state index in [0.29, 0.717) is 6.42 Å². The number of fused-ring (bicyclic) bond motifs is 5. The zero-order valence-corrected chi connectivity index (χ0v) is 23.2. The lowest BCUT2D eigenvalue weighted by Gasteiger charge is -2.30. The molecule has 36 heavy (non-hydrogen) atoms. The molecular weight excluding hydrogens is 666 g/mol. The van der Waals surface area contributed by atoms with E-state index < -0.39 is 46.8 Å². The van der Waals surface area contributed by atoms with E-state index in [1.54, 1.807) is 24.3 Å². The van der Waals surface area contributed by atoms with Gasteiger partial charge in [-0.05, 0) is 36.5 Å². The molecule has 0 radical (unpaired) electrons. The van der Waals surface area contributed by atoms with Gasteiger partial charge in [-0.15, -0.1) is 0 Å². The Balaban J connectivity index is 1.52. The number of nitro benzene ring substituents is 1. The van der Waals surface area contributed by atoms with E-state index in [1.807, 2.05) is 0 Å². The Labute approximate surface area is 230 Å². The molecule has 3 amide bonds. The smallest absolute Gasteiger partial charge is 0.273 e. The highest BCUT2D eigenvalue weighted by molar-refractivity contribution is 9.12. The van der Waals surface area contributed by atoms with Crippen LogP contribution in [-0.2, 0) is 9.59 Å². The van der Waals surface area contributed by atoms with E-state index in [2.05, 4.69) is 47.8 Å². The molecule has 0 N–H and O–H groups in total. The first-order chi connectivity index (χ1) is 17.1. The molecule has 1 heterocycles. The minimum atomic E-state index is -0.844. The average molecular weight is 684 g/mol. The third kappa shape index (κ3) is 4.03. The Kier molecular flexibility index (Phi) is 6.63. The number of rotatable bonds is 6. The fourth-order valence-corrected chi connectivity index (χ4v) is 7.71. The second-order valence-corrected chi connectivity index (χ2v) is 12.1. The SMILES string of the molecule is O=C(CN(C(=O)c1cccc([N+](=O)[O-])c1)N1C(=O)[C@@H]2[C@H]3C[C@@H]([C@H](Br)[C@H]3Br)[C@@H]2C1=O)c1ccc(Br)cc1. The molecule has 0 unspecified atom stereocenters. The van der Waals surface area contributed by atoms with E-state index >= 15 is 0 Å². The third-order valence-corrected chi connectivity index (χ3v) is 10.9. The van der Waals surface area contributed by atoms with Crippen LogP contribution in [0, 0.1) is 33.8 Å². The van der Waals surface area contributed by atoms with E-state index in [4.69, 9.17) is 0 Å². The van der Waals surface area contributed by atoms with Crippen molar-refractivity contribution < 1.29 is 24.1 Å². The first kappa shape index (κ1) is 25.2. The molecule has 0 spiro atoms. The van der Waals surface area contributed by atoms with Crippen molar-refractivity contribution in [2.75, 3.05) is 6.54 Å². The van der Waals surface area contributed by atoms with Crippen molar-refractivity contribution in [1.29, 1.82) is 0 Å². The molecule has 3 fully saturated rings. The predicted octanol–water partition coefficient (Wildman–Crippen LogP) is 4.38. The number of hydrogen-bond donors (Lipinski definition) is 0. The fraction of sp³-hybridized carbons (Fsp3) is 0.333. The molecule has 186 valence electrons. The summed E-state index contributed by atoms with van der Waals surface area (Å²) in [6, 6.07) is 11.5. The van der Waals surface area contributed by atoms with E-state index in [9.17, 15) is 29.3 Å². The largest absolute Gasteiger partial charge is 0.292 e. The number of nitrogens with zero attached hydrogens (tertiary/aromatic N) is 3. The molecule has 2 aromatic carbocycles. The Morgan fingerprint density at radius 1 is 0.972 bits per heavy atom. The van der Waals surface area contributed by atoms with Gasteiger partial charge in [-0.25, -0.2) is 5.01 Å². The van der Waals surface area contributed by atoms with Gasteiger partial charge in [0.15, 0.2) is 5.78 Å². The van der Waals surface area contributed by atoms with Crippen LogP contribution in [0.1, 0.15) is 27.1 Å². The summed E-state index contributed by atoms with van der Waals surface area (Å²) in [6.45, 7) is -0.578. The monoisotopic (exact) mass is 681 g/mol. The van der Waals surface area contributed by atoms with Crippen LogP contribution < -0.4 is 0 Å². The number of Topliss-reactive ketones (excluding diaryl/α,β-unsaturated/α-hetero) is 1. The molecule has 2 saturated carbocycles. The highest BCUT2D eigenvalue weighted by atomic mass is 79.9. The normalized spacial score (nSPS) is 28.4. The standard InChI is InChI=1S/C24H18Br3N3O6/c25-13-6-4-11(5-7-13)17(31)10-28(22(32)12-2-1-3-14(8-12)30(35)36)29-23(33)18-15-9-16(19(18)24(29)34)21(27)20(15)26/h1-8,15-16,18-21H,9-10H2/t15-,16-,18-,19+,20+,21+/m1/s1. The van der Waals surface area contributed by atoms with Gasteiger partial charge < -0.3 is 0 Å². The van der Waals surface area contributed by atoms with Crippen molar-refractivity contribution >= 4 is 77.0 Å². The lowest BCUT2D eigenvalue weighted by molar-refractivity contribution is -0.384. The van der Waals surface area contributed by atoms with Crippen molar-refractivity contribution in [2.24, 2.45) is 23.7 Å². The van der Waals surface area contributed by atoms with Crippen LogP contribution in [0.3, 0.4) is 0 Å². The van der Waals surface area contributed by atoms with Crippen molar-refractivity contribution in [2.45, 2.75) is 16.1 Å². The average Bonchev–Trinajstić information content (AvgIpc) is 3.47. The number of halogens is 3. The molecule has 1 aliphatic heterocycles. The number of carbonyl (C=O) groups is 4. The summed E-state index contributed by atoms with van der Waals surface area (Å²) in [4.78, 5) is 64.6. The first-order valence-electron chi connectivity index (χ1n) is 11.1. The number of amides is 3. The van der Waals surface area contributed by atoms with Crippen LogP contribution >= 0.6 is 47.8 Å². The first-order valence-corrected chi connectivity index (χ1v) is 13.7. The van der Waals surface area contributed by atoms with Crippen LogP contribution in [0.2, 0.25) is 0 Å². The topological polar surface area (TPSA) is 118 Å². The van der Waals surface area contributed by atoms with Gasteiger partial charge >= 0.3 is 0 Å². The second kappa shape index (κ2) is 9.46. The molecular formula is C24H18Br3N3O6. The van der Waals surface area contributed by atoms with Gasteiger partial charge in [0, 0.05) is 37.4 Å². The van der Waals surface area contributed by atoms with Crippen molar-refractivity contribution in [3.8, 4) is 0 Å². The minimum absolute atomic E-state index is 0.00534. The minimum Gasteiger partial charge on any atom is -0.292 e. The van der Waals surface area contributed by atoms with Crippen LogP contribution in [0.15, 0.2) is 53.0 Å². The lowest BCUT2D eigenvalue weighted by Crippen LogP contribution is -2.52. The van der Waals surface area contributed by atoms with Crippen LogP contribution in [0.4, 0.5) is 5.69 Å². The van der Waals surface area contributed by atoms with Gasteiger partial charge in [-0.1, -0.05) is 66.0 Å². The summed E-state index contributed by atoms with van der Waals surface area (Å²) in [5.41, 5.74) is -0.140. The Hall–Kier alpha value is -2.44. The predicted molar refractivity (Wildman–Crippen MR) is 138 cm³/mol. The number of imide groups is 1. The van der Waals surface area contributed by atoms with Crippen molar-refractivity contribution in [1.82, 2.24) is 10.0 Å². The molecule has 1 saturated heterocycles. The summed E-state index contributed by atoms with van der Waals surface area (Å²) in [6.07, 6.45) is 0.711. The summed E-state index contributed by atoms with van der Waals surface area (Å²) in [5.74, 6) is -3.73. The van der Waals surface area contributed by atoms with Gasteiger partial charge in [0.2, 0.25) is 0 Å². The highest BCUT2D eigenvalue weighted by Crippen LogP contribution is 2.60. The van der Waals surface area contributed by atoms with Gasteiger partial charge in [-0.2, -0.15) is 5.01 Å². The lowest BCUT2D eigenvalue weighted by atomic mass is 9.81. The number of hydrogen-bond acceptors (Lipinski definition) is 6. The zero-order chi connectivity index (χ0) is 25.9. The number of nitro groups is 1. The molecule has 0 aromatic heterocycles. The van der Waals surface area contributed by atoms with Gasteiger partial charge in [-0.3, -0.25) is 29.3 Å². The second-order valence-electron chi connectivity index (χ2n) is 9.09. The maximum atomic E-state index is 13.6. The molecule has 2 aromatic rings. The molecule has 9 nitrogen and oxygen atoms in total. The Morgan fingerprint density at radius 2 is 1.56 bits per heavy atom. The highest BCUT2D eigenvalue weighted by Gasteiger charge is 2.67. The van der Waals surface area contributed by atoms with E-state index in [-0.39, 0.29) is 38.3 Å². The van der Waals surface area contributed by atoms with E-state index in [0.717, 1.165) is 20.6 Å². The van der Waals surface area contributed by atoms with Gasteiger partial charge in [0.1, 0.15) is 6.54 Å². The maximum Gasteiger partial charge on any atom is 0.273 e. The van der Waals surface area contributed by atoms with Crippen molar-refractivity contribution in [3.63, 3.8) is 0 Å². The summed E-state index contributed by atoms with van der Waals surface area (Å²) in [5, 5.41) is 12.9. The van der Waals surface area contributed by atoms with Crippen molar-refractivity contribution in [3.05, 3.63) is 74.2 Å². The molecule has 2 bridgehead atoms. The molecule has 3 aliphatic rings. The van der Waals surface area contributed by atoms with Gasteiger partial charge in [0.25, 0.3) is 23.4 Å². The van der Waals surface area contributed by atoms with E-state index in [1.165, 1.54) is 18.2 Å².